The van der Waals surface area contributed by atoms with Crippen molar-refractivity contribution < 1.29 is 0 Å². The Morgan fingerprint density at radius 1 is 1.17 bits per heavy atom. The molecular weight excluding hydrogens is 168 g/mol. The first kappa shape index (κ1) is 12.0. The molecule has 0 nitrogen and oxygen atoms in total. The van der Waals surface area contributed by atoms with Crippen molar-refractivity contribution in [1.82, 2.24) is 0 Å². The monoisotopic (exact) mass is 188 g/mol. The Kier molecular flexibility index (Phi) is 9.14. The average molecular weight is 189 g/mol. The number of allylic oxidation sites excluding steroid dienone is 2. The van der Waals surface area contributed by atoms with Crippen molar-refractivity contribution in [2.45, 2.75) is 57.7 Å². The van der Waals surface area contributed by atoms with E-state index in [1.807, 2.05) is 0 Å². The number of unbranched alkanes of at least 4 members (excludes halogenated alkanes) is 3. The van der Waals surface area contributed by atoms with Gasteiger partial charge in [-0.2, -0.15) is 0 Å². The van der Waals surface area contributed by atoms with Gasteiger partial charge < -0.3 is 0 Å². The number of halogens is 1. The molecule has 72 valence electrons. The molecule has 0 aliphatic rings. The summed E-state index contributed by atoms with van der Waals surface area (Å²) >= 11 is 6.05. The third-order valence-corrected chi connectivity index (χ3v) is 2.28. The van der Waals surface area contributed by atoms with E-state index in [1.165, 1.54) is 25.7 Å². The molecule has 1 heteroatoms. The lowest BCUT2D eigenvalue weighted by atomic mass is 10.1. The highest BCUT2D eigenvalue weighted by Gasteiger charge is 1.97. The number of rotatable bonds is 7. The maximum absolute atomic E-state index is 6.05. The summed E-state index contributed by atoms with van der Waals surface area (Å²) in [6.45, 7) is 4.37. The van der Waals surface area contributed by atoms with E-state index < -0.39 is 0 Å². The summed E-state index contributed by atoms with van der Waals surface area (Å²) in [7, 11) is 0. The minimum atomic E-state index is 0.266. The fraction of sp³-hybridized carbons (Fsp3) is 0.818. The van der Waals surface area contributed by atoms with E-state index in [0.717, 1.165) is 12.8 Å². The van der Waals surface area contributed by atoms with Crippen LogP contribution in [-0.2, 0) is 0 Å². The van der Waals surface area contributed by atoms with Gasteiger partial charge in [-0.3, -0.25) is 0 Å². The maximum atomic E-state index is 6.05. The van der Waals surface area contributed by atoms with Crippen LogP contribution in [0.25, 0.3) is 0 Å². The first-order chi connectivity index (χ1) is 5.81. The molecule has 0 spiro atoms. The van der Waals surface area contributed by atoms with E-state index >= 15 is 0 Å². The Morgan fingerprint density at radius 2 is 1.92 bits per heavy atom. The molecule has 0 radical (unpaired) electrons. The van der Waals surface area contributed by atoms with Gasteiger partial charge in [0.1, 0.15) is 0 Å². The van der Waals surface area contributed by atoms with Crippen LogP contribution < -0.4 is 0 Å². The van der Waals surface area contributed by atoms with Crippen LogP contribution in [0, 0.1) is 0 Å². The Bertz CT molecular complexity index is 108. The summed E-state index contributed by atoms with van der Waals surface area (Å²) in [4.78, 5) is 0. The molecule has 0 heterocycles. The van der Waals surface area contributed by atoms with Gasteiger partial charge in [0.15, 0.2) is 0 Å². The van der Waals surface area contributed by atoms with Gasteiger partial charge in [0, 0.05) is 0 Å². The summed E-state index contributed by atoms with van der Waals surface area (Å²) in [6.07, 6.45) is 11.8. The summed E-state index contributed by atoms with van der Waals surface area (Å²) in [5.74, 6) is 0. The Morgan fingerprint density at radius 3 is 2.50 bits per heavy atom. The summed E-state index contributed by atoms with van der Waals surface area (Å²) < 4.78 is 0. The standard InChI is InChI=1S/C11H21Cl/c1-3-5-7-8-10-11(12)9-6-4-2/h6,9,11H,3-5,7-8,10H2,1-2H3/b9-6+. The molecular formula is C11H21Cl. The molecule has 0 aromatic heterocycles. The number of alkyl halides is 1. The lowest BCUT2D eigenvalue weighted by Gasteiger charge is -2.02. The zero-order valence-electron chi connectivity index (χ0n) is 8.35. The molecule has 0 aromatic rings. The largest absolute Gasteiger partial charge is 0.118 e. The Labute approximate surface area is 82.0 Å². The third kappa shape index (κ3) is 8.13. The Balaban J connectivity index is 3.19. The highest BCUT2D eigenvalue weighted by Crippen LogP contribution is 2.11. The van der Waals surface area contributed by atoms with E-state index in [2.05, 4.69) is 26.0 Å². The number of hydrogen-bond donors (Lipinski definition) is 0. The van der Waals surface area contributed by atoms with Crippen LogP contribution in [0.15, 0.2) is 12.2 Å². The van der Waals surface area contributed by atoms with Crippen LogP contribution in [-0.4, -0.2) is 5.38 Å². The van der Waals surface area contributed by atoms with Gasteiger partial charge in [-0.05, 0) is 12.8 Å². The summed E-state index contributed by atoms with van der Waals surface area (Å²) in [6, 6.07) is 0. The molecule has 0 saturated carbocycles. The van der Waals surface area contributed by atoms with E-state index in [4.69, 9.17) is 11.6 Å². The fourth-order valence-electron chi connectivity index (χ4n) is 1.15. The first-order valence-electron chi connectivity index (χ1n) is 5.12. The second-order valence-electron chi connectivity index (χ2n) is 3.20. The van der Waals surface area contributed by atoms with Gasteiger partial charge in [0.2, 0.25) is 0 Å². The molecule has 1 atom stereocenters. The average Bonchev–Trinajstić information content (AvgIpc) is 2.09. The molecule has 0 aromatic carbocycles. The van der Waals surface area contributed by atoms with Gasteiger partial charge in [0.05, 0.1) is 5.38 Å². The van der Waals surface area contributed by atoms with Crippen LogP contribution in [0.2, 0.25) is 0 Å². The minimum Gasteiger partial charge on any atom is -0.118 e. The highest BCUT2D eigenvalue weighted by molar-refractivity contribution is 6.21. The van der Waals surface area contributed by atoms with Crippen LogP contribution in [0.5, 0.6) is 0 Å². The van der Waals surface area contributed by atoms with E-state index in [-0.39, 0.29) is 5.38 Å². The first-order valence-corrected chi connectivity index (χ1v) is 5.55. The van der Waals surface area contributed by atoms with E-state index in [0.29, 0.717) is 0 Å². The van der Waals surface area contributed by atoms with Crippen molar-refractivity contribution in [1.29, 1.82) is 0 Å². The van der Waals surface area contributed by atoms with Crippen LogP contribution in [0.1, 0.15) is 52.4 Å². The zero-order chi connectivity index (χ0) is 9.23. The maximum Gasteiger partial charge on any atom is 0.0516 e. The van der Waals surface area contributed by atoms with Crippen molar-refractivity contribution in [2.75, 3.05) is 0 Å². The molecule has 0 N–H and O–H groups in total. The second-order valence-corrected chi connectivity index (χ2v) is 3.76. The summed E-state index contributed by atoms with van der Waals surface area (Å²) in [5.41, 5.74) is 0. The molecule has 1 unspecified atom stereocenters. The van der Waals surface area contributed by atoms with Crippen molar-refractivity contribution in [3.05, 3.63) is 12.2 Å². The van der Waals surface area contributed by atoms with Gasteiger partial charge >= 0.3 is 0 Å². The molecule has 0 aliphatic heterocycles. The molecule has 0 aliphatic carbocycles. The smallest absolute Gasteiger partial charge is 0.0516 e. The molecule has 0 saturated heterocycles. The molecule has 0 fully saturated rings. The lowest BCUT2D eigenvalue weighted by molar-refractivity contribution is 0.639. The van der Waals surface area contributed by atoms with Gasteiger partial charge in [0.25, 0.3) is 0 Å². The second kappa shape index (κ2) is 9.12. The van der Waals surface area contributed by atoms with Crippen molar-refractivity contribution in [2.24, 2.45) is 0 Å². The zero-order valence-corrected chi connectivity index (χ0v) is 9.11. The predicted molar refractivity (Wildman–Crippen MR) is 57.8 cm³/mol. The quantitative estimate of drug-likeness (QED) is 0.313. The van der Waals surface area contributed by atoms with Gasteiger partial charge in [-0.1, -0.05) is 51.7 Å². The van der Waals surface area contributed by atoms with Crippen LogP contribution in [0.3, 0.4) is 0 Å². The van der Waals surface area contributed by atoms with E-state index in [9.17, 15) is 0 Å². The van der Waals surface area contributed by atoms with Crippen LogP contribution in [0.4, 0.5) is 0 Å². The van der Waals surface area contributed by atoms with Gasteiger partial charge in [-0.15, -0.1) is 11.6 Å². The highest BCUT2D eigenvalue weighted by atomic mass is 35.5. The predicted octanol–water partition coefficient (Wildman–Crippen LogP) is 4.53. The molecule has 0 rings (SSSR count). The van der Waals surface area contributed by atoms with Crippen molar-refractivity contribution in [3.63, 3.8) is 0 Å². The normalized spacial score (nSPS) is 13.9. The van der Waals surface area contributed by atoms with Crippen molar-refractivity contribution in [3.8, 4) is 0 Å². The SMILES string of the molecule is CC/C=C/C(Cl)CCCCCC. The molecule has 0 amide bonds. The summed E-state index contributed by atoms with van der Waals surface area (Å²) in [5, 5.41) is 0.266. The fourth-order valence-corrected chi connectivity index (χ4v) is 1.40. The minimum absolute atomic E-state index is 0.266. The number of hydrogen-bond acceptors (Lipinski definition) is 0. The third-order valence-electron chi connectivity index (χ3n) is 1.91. The Hall–Kier alpha value is 0.0300. The molecule has 0 bridgehead atoms. The molecule has 12 heavy (non-hydrogen) atoms. The van der Waals surface area contributed by atoms with Crippen LogP contribution >= 0.6 is 11.6 Å². The lowest BCUT2D eigenvalue weighted by Crippen LogP contribution is -1.92. The van der Waals surface area contributed by atoms with Crippen molar-refractivity contribution >= 4 is 11.6 Å². The van der Waals surface area contributed by atoms with Gasteiger partial charge in [-0.25, -0.2) is 0 Å². The topological polar surface area (TPSA) is 0 Å². The van der Waals surface area contributed by atoms with E-state index in [1.54, 1.807) is 0 Å².